The van der Waals surface area contributed by atoms with E-state index >= 15 is 0 Å². The van der Waals surface area contributed by atoms with E-state index in [1.165, 1.54) is 0 Å². The number of alkyl halides is 3. The van der Waals surface area contributed by atoms with Gasteiger partial charge < -0.3 is 9.84 Å². The zero-order chi connectivity index (χ0) is 8.20. The maximum atomic E-state index is 11.2. The molecular formula is C4H5F3KO3. The number of hydrogen-bond acceptors (Lipinski definition) is 2. The van der Waals surface area contributed by atoms with Gasteiger partial charge in [-0.3, -0.25) is 0 Å². The summed E-state index contributed by atoms with van der Waals surface area (Å²) >= 11 is 0. The maximum Gasteiger partial charge on any atom is 0.411 e. The van der Waals surface area contributed by atoms with E-state index in [1.807, 2.05) is 0 Å². The molecule has 7 heteroatoms. The second-order valence-electron chi connectivity index (χ2n) is 1.50. The van der Waals surface area contributed by atoms with Crippen LogP contribution in [-0.4, -0.2) is 81.9 Å². The minimum Gasteiger partial charge on any atom is -0.480 e. The molecule has 61 valence electrons. The molecule has 1 radical (unpaired) electrons. The van der Waals surface area contributed by atoms with Crippen molar-refractivity contribution in [3.05, 3.63) is 0 Å². The third kappa shape index (κ3) is 13.8. The van der Waals surface area contributed by atoms with E-state index in [0.717, 1.165) is 0 Å². The topological polar surface area (TPSA) is 46.5 Å². The van der Waals surface area contributed by atoms with Crippen LogP contribution in [0.4, 0.5) is 13.2 Å². The smallest absolute Gasteiger partial charge is 0.411 e. The zero-order valence-electron chi connectivity index (χ0n) is 5.81. The molecule has 0 aromatic rings. The number of halogens is 3. The SMILES string of the molecule is O=C(O)COCC(F)(F)F.[K]. The molecule has 0 amide bonds. The molecule has 0 fully saturated rings. The van der Waals surface area contributed by atoms with Gasteiger partial charge in [0.25, 0.3) is 0 Å². The molecule has 0 rings (SSSR count). The molecule has 0 aliphatic carbocycles. The molecule has 3 nitrogen and oxygen atoms in total. The number of carbonyl (C=O) groups is 1. The summed E-state index contributed by atoms with van der Waals surface area (Å²) in [7, 11) is 0. The maximum absolute atomic E-state index is 11.2. The molecule has 0 aromatic carbocycles. The van der Waals surface area contributed by atoms with Gasteiger partial charge in [-0.2, -0.15) is 13.2 Å². The fourth-order valence-corrected chi connectivity index (χ4v) is 0.254. The van der Waals surface area contributed by atoms with E-state index in [9.17, 15) is 18.0 Å². The number of hydrogen-bond donors (Lipinski definition) is 1. The van der Waals surface area contributed by atoms with Crippen molar-refractivity contribution in [3.63, 3.8) is 0 Å². The van der Waals surface area contributed by atoms with Gasteiger partial charge >= 0.3 is 12.1 Å². The Hall–Kier alpha value is 0.856. The van der Waals surface area contributed by atoms with Gasteiger partial charge in [-0.05, 0) is 0 Å². The van der Waals surface area contributed by atoms with Crippen LogP contribution in [0.2, 0.25) is 0 Å². The van der Waals surface area contributed by atoms with Crippen molar-refractivity contribution in [2.45, 2.75) is 6.18 Å². The monoisotopic (exact) mass is 197 g/mol. The second-order valence-corrected chi connectivity index (χ2v) is 1.50. The normalized spacial score (nSPS) is 10.5. The van der Waals surface area contributed by atoms with Crippen molar-refractivity contribution in [1.82, 2.24) is 0 Å². The zero-order valence-corrected chi connectivity index (χ0v) is 8.93. The van der Waals surface area contributed by atoms with Crippen LogP contribution < -0.4 is 0 Å². The van der Waals surface area contributed by atoms with Crippen molar-refractivity contribution in [2.75, 3.05) is 13.2 Å². The molecule has 0 saturated carbocycles. The van der Waals surface area contributed by atoms with Gasteiger partial charge in [0.2, 0.25) is 0 Å². The third-order valence-electron chi connectivity index (χ3n) is 0.491. The van der Waals surface area contributed by atoms with Gasteiger partial charge in [-0.15, -0.1) is 0 Å². The van der Waals surface area contributed by atoms with Gasteiger partial charge in [0.05, 0.1) is 0 Å². The number of ether oxygens (including phenoxy) is 1. The average Bonchev–Trinajstić information content (AvgIpc) is 1.59. The quantitative estimate of drug-likeness (QED) is 0.660. The van der Waals surface area contributed by atoms with E-state index < -0.39 is 25.4 Å². The summed E-state index contributed by atoms with van der Waals surface area (Å²) in [5.41, 5.74) is 0. The van der Waals surface area contributed by atoms with Crippen molar-refractivity contribution in [2.24, 2.45) is 0 Å². The van der Waals surface area contributed by atoms with Crippen LogP contribution in [0.15, 0.2) is 0 Å². The molecular weight excluding hydrogens is 192 g/mol. The average molecular weight is 197 g/mol. The largest absolute Gasteiger partial charge is 0.480 e. The van der Waals surface area contributed by atoms with Gasteiger partial charge in [0.1, 0.15) is 13.2 Å². The first-order valence-corrected chi connectivity index (χ1v) is 2.28. The van der Waals surface area contributed by atoms with Gasteiger partial charge in [0, 0.05) is 51.4 Å². The summed E-state index contributed by atoms with van der Waals surface area (Å²) in [4.78, 5) is 9.59. The Balaban J connectivity index is 0. The summed E-state index contributed by atoms with van der Waals surface area (Å²) in [6, 6.07) is 0. The minimum atomic E-state index is -4.45. The molecule has 0 heterocycles. The fourth-order valence-electron chi connectivity index (χ4n) is 0.254. The molecule has 0 bridgehead atoms. The number of rotatable bonds is 3. The van der Waals surface area contributed by atoms with Gasteiger partial charge in [-0.1, -0.05) is 0 Å². The molecule has 0 aromatic heterocycles. The summed E-state index contributed by atoms with van der Waals surface area (Å²) in [6.07, 6.45) is -4.45. The molecule has 0 aliphatic rings. The predicted octanol–water partition coefficient (Wildman–Crippen LogP) is 0.269. The van der Waals surface area contributed by atoms with E-state index in [1.54, 1.807) is 0 Å². The standard InChI is InChI=1S/C4H5F3O3.K/c5-4(6,7)2-10-1-3(8)9;/h1-2H2,(H,8,9);. The first-order valence-electron chi connectivity index (χ1n) is 2.28. The molecule has 0 atom stereocenters. The van der Waals surface area contributed by atoms with E-state index in [2.05, 4.69) is 4.74 Å². The Morgan fingerprint density at radius 1 is 1.45 bits per heavy atom. The van der Waals surface area contributed by atoms with E-state index in [4.69, 9.17) is 5.11 Å². The molecule has 0 aliphatic heterocycles. The molecule has 0 unspecified atom stereocenters. The van der Waals surface area contributed by atoms with Crippen LogP contribution in [0, 0.1) is 0 Å². The molecule has 11 heavy (non-hydrogen) atoms. The van der Waals surface area contributed by atoms with Crippen LogP contribution in [0.5, 0.6) is 0 Å². The number of aliphatic carboxylic acids is 1. The Morgan fingerprint density at radius 3 is 2.18 bits per heavy atom. The van der Waals surface area contributed by atoms with Crippen LogP contribution in [0.3, 0.4) is 0 Å². The minimum absolute atomic E-state index is 0. The molecule has 0 saturated heterocycles. The van der Waals surface area contributed by atoms with Crippen molar-refractivity contribution < 1.29 is 27.8 Å². The Morgan fingerprint density at radius 2 is 1.91 bits per heavy atom. The fraction of sp³-hybridized carbons (Fsp3) is 0.750. The first-order chi connectivity index (χ1) is 4.42. The van der Waals surface area contributed by atoms with E-state index in [0.29, 0.717) is 0 Å². The molecule has 0 spiro atoms. The summed E-state index contributed by atoms with van der Waals surface area (Å²) in [6.45, 7) is -2.43. The Kier molecular flexibility index (Phi) is 8.34. The second kappa shape index (κ2) is 6.38. The summed E-state index contributed by atoms with van der Waals surface area (Å²) < 4.78 is 37.3. The van der Waals surface area contributed by atoms with Crippen LogP contribution >= 0.6 is 0 Å². The van der Waals surface area contributed by atoms with Crippen LogP contribution in [0.25, 0.3) is 0 Å². The Bertz CT molecular complexity index is 124. The third-order valence-corrected chi connectivity index (χ3v) is 0.491. The van der Waals surface area contributed by atoms with Gasteiger partial charge in [0.15, 0.2) is 0 Å². The van der Waals surface area contributed by atoms with Crippen molar-refractivity contribution in [3.8, 4) is 0 Å². The number of carboxylic acid groups (broad SMARTS) is 1. The Labute approximate surface area is 103 Å². The van der Waals surface area contributed by atoms with Gasteiger partial charge in [-0.25, -0.2) is 4.79 Å². The first kappa shape index (κ1) is 14.4. The summed E-state index contributed by atoms with van der Waals surface area (Å²) in [5, 5.41) is 7.82. The number of carboxylic acids is 1. The molecule has 1 N–H and O–H groups in total. The van der Waals surface area contributed by atoms with Crippen molar-refractivity contribution in [1.29, 1.82) is 0 Å². The predicted molar refractivity (Wildman–Crippen MR) is 30.3 cm³/mol. The summed E-state index contributed by atoms with van der Waals surface area (Å²) in [5.74, 6) is -1.41. The van der Waals surface area contributed by atoms with E-state index in [-0.39, 0.29) is 51.4 Å². The van der Waals surface area contributed by atoms with Crippen LogP contribution in [0.1, 0.15) is 0 Å². The van der Waals surface area contributed by atoms with Crippen LogP contribution in [-0.2, 0) is 9.53 Å². The van der Waals surface area contributed by atoms with Crippen molar-refractivity contribution >= 4 is 57.4 Å².